The Balaban J connectivity index is 1.72. The molecule has 3 rings (SSSR count). The topological polar surface area (TPSA) is 75.7 Å². The SMILES string of the molecule is C=NC(=C(/C)SCN(C)c1c(CC)nc2n1C=CC(CN(C)CCN(CC)CCNC)C=C2)/C1=C(\C#N)CC/C=C/C=C\1. The van der Waals surface area contributed by atoms with Crippen molar-refractivity contribution in [3.63, 3.8) is 0 Å². The van der Waals surface area contributed by atoms with Crippen LogP contribution in [0.15, 0.2) is 63.2 Å². The number of allylic oxidation sites excluding steroid dienone is 6. The monoisotopic (exact) mass is 602 g/mol. The average Bonchev–Trinajstić information content (AvgIpc) is 3.25. The Morgan fingerprint density at radius 1 is 1.21 bits per heavy atom. The first-order chi connectivity index (χ1) is 20.9. The van der Waals surface area contributed by atoms with Gasteiger partial charge in [-0.1, -0.05) is 50.3 Å². The number of hydrogen-bond acceptors (Lipinski definition) is 8. The van der Waals surface area contributed by atoms with Gasteiger partial charge in [-0.05, 0) is 59.6 Å². The molecule has 2 heterocycles. The predicted octanol–water partition coefficient (Wildman–Crippen LogP) is 5.82. The molecule has 0 aromatic carbocycles. The van der Waals surface area contributed by atoms with E-state index >= 15 is 0 Å². The highest BCUT2D eigenvalue weighted by Gasteiger charge is 2.20. The maximum atomic E-state index is 9.80. The quantitative estimate of drug-likeness (QED) is 0.189. The molecule has 8 nitrogen and oxygen atoms in total. The Kier molecular flexibility index (Phi) is 14.2. The first kappa shape index (κ1) is 34.3. The van der Waals surface area contributed by atoms with Crippen LogP contribution in [0.4, 0.5) is 5.82 Å². The van der Waals surface area contributed by atoms with E-state index in [0.29, 0.717) is 18.2 Å². The van der Waals surface area contributed by atoms with Crippen LogP contribution in [-0.4, -0.2) is 92.4 Å². The molecule has 9 heteroatoms. The van der Waals surface area contributed by atoms with Crippen molar-refractivity contribution in [2.24, 2.45) is 10.9 Å². The lowest BCUT2D eigenvalue weighted by molar-refractivity contribution is 0.229. The first-order valence-corrected chi connectivity index (χ1v) is 16.4. The zero-order valence-electron chi connectivity index (χ0n) is 27.0. The number of hydrogen-bond donors (Lipinski definition) is 1. The highest BCUT2D eigenvalue weighted by molar-refractivity contribution is 8.03. The summed E-state index contributed by atoms with van der Waals surface area (Å²) in [6.07, 6.45) is 19.4. The molecular weight excluding hydrogens is 552 g/mol. The van der Waals surface area contributed by atoms with Crippen LogP contribution >= 0.6 is 11.8 Å². The van der Waals surface area contributed by atoms with Crippen LogP contribution < -0.4 is 10.2 Å². The minimum absolute atomic E-state index is 0.317. The van der Waals surface area contributed by atoms with Crippen molar-refractivity contribution in [1.82, 2.24) is 24.7 Å². The molecule has 1 atom stereocenters. The van der Waals surface area contributed by atoms with Crippen LogP contribution in [0, 0.1) is 17.2 Å². The fourth-order valence-electron chi connectivity index (χ4n) is 5.29. The van der Waals surface area contributed by atoms with Crippen molar-refractivity contribution in [2.45, 2.75) is 40.0 Å². The van der Waals surface area contributed by atoms with Gasteiger partial charge in [-0.2, -0.15) is 5.26 Å². The number of imidazole rings is 1. The first-order valence-electron chi connectivity index (χ1n) is 15.4. The second-order valence-electron chi connectivity index (χ2n) is 11.0. The van der Waals surface area contributed by atoms with E-state index in [0.717, 1.165) is 91.2 Å². The zero-order chi connectivity index (χ0) is 31.2. The Morgan fingerprint density at radius 3 is 2.72 bits per heavy atom. The van der Waals surface area contributed by atoms with E-state index in [2.05, 4.69) is 108 Å². The number of aryl methyl sites for hydroxylation is 1. The number of likely N-dealkylation sites (N-methyl/N-ethyl adjacent to an activating group) is 3. The number of aliphatic imine (C=N–C) groups is 1. The van der Waals surface area contributed by atoms with Crippen molar-refractivity contribution < 1.29 is 0 Å². The van der Waals surface area contributed by atoms with Gasteiger partial charge in [0.05, 0.1) is 23.3 Å². The Morgan fingerprint density at radius 2 is 2.02 bits per heavy atom. The summed E-state index contributed by atoms with van der Waals surface area (Å²) in [7, 11) is 6.34. The highest BCUT2D eigenvalue weighted by Crippen LogP contribution is 2.33. The van der Waals surface area contributed by atoms with E-state index < -0.39 is 0 Å². The minimum Gasteiger partial charge on any atom is -0.350 e. The number of aromatic nitrogens is 2. The third-order valence-electron chi connectivity index (χ3n) is 7.85. The van der Waals surface area contributed by atoms with Gasteiger partial charge in [-0.3, -0.25) is 9.56 Å². The molecule has 43 heavy (non-hydrogen) atoms. The predicted molar refractivity (Wildman–Crippen MR) is 186 cm³/mol. The van der Waals surface area contributed by atoms with E-state index in [1.54, 1.807) is 11.8 Å². The van der Waals surface area contributed by atoms with Crippen LogP contribution in [0.25, 0.3) is 12.3 Å². The van der Waals surface area contributed by atoms with Crippen molar-refractivity contribution in [2.75, 3.05) is 71.2 Å². The summed E-state index contributed by atoms with van der Waals surface area (Å²) in [6.45, 7) is 16.5. The van der Waals surface area contributed by atoms with Gasteiger partial charge in [-0.15, -0.1) is 11.8 Å². The summed E-state index contributed by atoms with van der Waals surface area (Å²) >= 11 is 1.71. The number of nitrogens with one attached hydrogen (secondary N) is 1. The number of thioether (sulfide) groups is 1. The van der Waals surface area contributed by atoms with Crippen LogP contribution in [-0.2, 0) is 6.42 Å². The number of rotatable bonds is 16. The Bertz CT molecular complexity index is 1310. The van der Waals surface area contributed by atoms with E-state index in [1.807, 2.05) is 25.3 Å². The largest absolute Gasteiger partial charge is 0.350 e. The molecular formula is C34H50N8S. The van der Waals surface area contributed by atoms with Gasteiger partial charge in [0.2, 0.25) is 0 Å². The summed E-state index contributed by atoms with van der Waals surface area (Å²) in [5.41, 5.74) is 3.48. The third-order valence-corrected chi connectivity index (χ3v) is 8.99. The fraction of sp³-hybridized carbons (Fsp3) is 0.500. The van der Waals surface area contributed by atoms with Gasteiger partial charge in [-0.25, -0.2) is 4.98 Å². The summed E-state index contributed by atoms with van der Waals surface area (Å²) in [6, 6.07) is 2.39. The second kappa shape index (κ2) is 17.8. The summed E-state index contributed by atoms with van der Waals surface area (Å²) in [4.78, 5) is 17.6. The lowest BCUT2D eigenvalue weighted by atomic mass is 9.99. The average molecular weight is 603 g/mol. The van der Waals surface area contributed by atoms with Crippen LogP contribution in [0.3, 0.4) is 0 Å². The van der Waals surface area contributed by atoms with Gasteiger partial charge in [0.1, 0.15) is 11.6 Å². The van der Waals surface area contributed by atoms with Crippen LogP contribution in [0.1, 0.15) is 45.1 Å². The summed E-state index contributed by atoms with van der Waals surface area (Å²) < 4.78 is 2.22. The van der Waals surface area contributed by atoms with Crippen molar-refractivity contribution in [3.8, 4) is 6.07 Å². The molecule has 0 bridgehead atoms. The van der Waals surface area contributed by atoms with Gasteiger partial charge in [0.25, 0.3) is 0 Å². The standard InChI is InChI=1S/C34H50N8S/c1-8-31-34(40(7)26-43-27(3)33(37-5)30-15-13-11-10-12-14-29(30)24-35)42-20-18-28(16-17-32(42)38-31)25-39(6)22-23-41(9-2)21-19-36-4/h10-11,13,15-18,20,28,36H,5,8-9,12,14,19,21-23,25-26H2,1-4,6-7H3/b11-10+,15-13-,30-29-,33-27-. The number of nitriles is 1. The van der Waals surface area contributed by atoms with E-state index in [9.17, 15) is 5.26 Å². The zero-order valence-corrected chi connectivity index (χ0v) is 27.8. The van der Waals surface area contributed by atoms with Gasteiger partial charge >= 0.3 is 0 Å². The van der Waals surface area contributed by atoms with Gasteiger partial charge in [0, 0.05) is 67.9 Å². The molecule has 0 fully saturated rings. The molecule has 0 saturated heterocycles. The second-order valence-corrected chi connectivity index (χ2v) is 12.2. The lowest BCUT2D eigenvalue weighted by Crippen LogP contribution is -2.37. The van der Waals surface area contributed by atoms with E-state index in [4.69, 9.17) is 4.98 Å². The summed E-state index contributed by atoms with van der Waals surface area (Å²) in [5, 5.41) is 13.1. The minimum atomic E-state index is 0.317. The molecule has 2 aliphatic rings. The molecule has 232 valence electrons. The molecule has 1 aliphatic carbocycles. The molecule has 1 unspecified atom stereocenters. The maximum Gasteiger partial charge on any atom is 0.138 e. The fourth-order valence-corrected chi connectivity index (χ4v) is 6.11. The molecule has 0 spiro atoms. The molecule has 0 radical (unpaired) electrons. The molecule has 1 aromatic heterocycles. The van der Waals surface area contributed by atoms with Gasteiger partial charge < -0.3 is 20.0 Å². The smallest absolute Gasteiger partial charge is 0.138 e. The van der Waals surface area contributed by atoms with Gasteiger partial charge in [0.15, 0.2) is 0 Å². The Labute approximate surface area is 263 Å². The molecule has 0 amide bonds. The lowest BCUT2D eigenvalue weighted by Gasteiger charge is -2.25. The van der Waals surface area contributed by atoms with Crippen molar-refractivity contribution in [1.29, 1.82) is 5.26 Å². The highest BCUT2D eigenvalue weighted by atomic mass is 32.2. The number of nitrogens with zero attached hydrogens (tertiary/aromatic N) is 7. The molecule has 0 saturated carbocycles. The number of fused-ring (bicyclic) bond motifs is 1. The van der Waals surface area contributed by atoms with Crippen molar-refractivity contribution >= 4 is 36.6 Å². The number of anilines is 1. The van der Waals surface area contributed by atoms with Crippen LogP contribution in [0.5, 0.6) is 0 Å². The maximum absolute atomic E-state index is 9.80. The molecule has 1 aromatic rings. The normalized spacial score (nSPS) is 20.2. The van der Waals surface area contributed by atoms with E-state index in [1.165, 1.54) is 0 Å². The molecule has 1 aliphatic heterocycles. The Hall–Kier alpha value is -3.16. The van der Waals surface area contributed by atoms with E-state index in [-0.39, 0.29) is 0 Å². The molecule has 1 N–H and O–H groups in total. The summed E-state index contributed by atoms with van der Waals surface area (Å²) in [5.74, 6) is 3.10. The third kappa shape index (κ3) is 9.67. The van der Waals surface area contributed by atoms with Crippen LogP contribution in [0.2, 0.25) is 0 Å². The van der Waals surface area contributed by atoms with Crippen molar-refractivity contribution in [3.05, 3.63) is 69.7 Å².